The largest absolute Gasteiger partial charge is 0.500 e. The Kier molecular flexibility index (Phi) is 4.75. The second kappa shape index (κ2) is 5.88. The summed E-state index contributed by atoms with van der Waals surface area (Å²) in [6, 6.07) is 3.15. The van der Waals surface area contributed by atoms with Crippen LogP contribution in [-0.4, -0.2) is 23.7 Å². The van der Waals surface area contributed by atoms with E-state index in [1.54, 1.807) is 6.07 Å². The number of nitrogens with zero attached hydrogens (tertiary/aromatic N) is 1. The maximum absolute atomic E-state index is 10.8. The molecule has 1 aromatic rings. The zero-order valence-electron chi connectivity index (χ0n) is 9.88. The first-order valence-electron chi connectivity index (χ1n) is 5.42. The molecular weight excluding hydrogens is 260 g/mol. The van der Waals surface area contributed by atoms with Crippen LogP contribution in [0.5, 0.6) is 11.5 Å². The lowest BCUT2D eigenvalue weighted by molar-refractivity contribution is -0.386. The van der Waals surface area contributed by atoms with Crippen LogP contribution in [0, 0.1) is 10.1 Å². The van der Waals surface area contributed by atoms with Crippen molar-refractivity contribution in [2.75, 3.05) is 13.7 Å². The zero-order valence-corrected chi connectivity index (χ0v) is 10.7. The van der Waals surface area contributed by atoms with Crippen molar-refractivity contribution in [3.8, 4) is 11.5 Å². The average molecular weight is 275 g/mol. The van der Waals surface area contributed by atoms with Crippen molar-refractivity contribution < 1.29 is 14.8 Å². The van der Waals surface area contributed by atoms with E-state index in [1.807, 2.05) is 0 Å². The summed E-state index contributed by atoms with van der Waals surface area (Å²) in [5.41, 5.74) is 0.469. The number of aromatic hydroxyl groups is 1. The molecule has 0 saturated carbocycles. The molecule has 2 N–H and O–H groups in total. The number of hydrogen-bond donors (Lipinski definition) is 2. The molecule has 0 aliphatic carbocycles. The molecule has 0 aromatic heterocycles. The smallest absolute Gasteiger partial charge is 0.314 e. The van der Waals surface area contributed by atoms with Gasteiger partial charge in [0.15, 0.2) is 5.75 Å². The van der Waals surface area contributed by atoms with Gasteiger partial charge in [0.05, 0.1) is 12.0 Å². The number of halogens is 1. The Hall–Kier alpha value is -1.53. The van der Waals surface area contributed by atoms with Crippen LogP contribution < -0.4 is 10.1 Å². The van der Waals surface area contributed by atoms with Gasteiger partial charge in [0.2, 0.25) is 5.75 Å². The van der Waals surface area contributed by atoms with Crippen LogP contribution >= 0.6 is 12.4 Å². The Labute approximate surface area is 111 Å². The number of benzene rings is 1. The van der Waals surface area contributed by atoms with Gasteiger partial charge in [-0.2, -0.15) is 0 Å². The third kappa shape index (κ3) is 2.65. The number of nitro groups is 1. The number of rotatable bonds is 3. The minimum Gasteiger partial charge on any atom is -0.500 e. The van der Waals surface area contributed by atoms with Crippen LogP contribution in [0.2, 0.25) is 0 Å². The molecule has 18 heavy (non-hydrogen) atoms. The summed E-state index contributed by atoms with van der Waals surface area (Å²) in [7, 11) is 1.38. The van der Waals surface area contributed by atoms with Crippen LogP contribution in [0.25, 0.3) is 0 Å². The van der Waals surface area contributed by atoms with Gasteiger partial charge in [0.25, 0.3) is 0 Å². The summed E-state index contributed by atoms with van der Waals surface area (Å²) in [6.07, 6.45) is 1.98. The van der Waals surface area contributed by atoms with Crippen molar-refractivity contribution in [2.24, 2.45) is 0 Å². The highest BCUT2D eigenvalue weighted by Gasteiger charge is 2.24. The lowest BCUT2D eigenvalue weighted by Crippen LogP contribution is -2.13. The fourth-order valence-electron chi connectivity index (χ4n) is 2.08. The molecule has 0 radical (unpaired) electrons. The molecule has 100 valence electrons. The molecule has 0 bridgehead atoms. The molecule has 0 spiro atoms. The molecule has 2 rings (SSSR count). The van der Waals surface area contributed by atoms with E-state index in [-0.39, 0.29) is 29.9 Å². The minimum absolute atomic E-state index is 0. The Morgan fingerprint density at radius 2 is 2.28 bits per heavy atom. The summed E-state index contributed by atoms with van der Waals surface area (Å²) in [5, 5.41) is 23.7. The Morgan fingerprint density at radius 1 is 1.56 bits per heavy atom. The van der Waals surface area contributed by atoms with Gasteiger partial charge in [-0.3, -0.25) is 10.1 Å². The lowest BCUT2D eigenvalue weighted by Gasteiger charge is -2.13. The second-order valence-electron chi connectivity index (χ2n) is 4.00. The Balaban J connectivity index is 0.00000162. The van der Waals surface area contributed by atoms with E-state index >= 15 is 0 Å². The molecule has 6 nitrogen and oxygen atoms in total. The third-order valence-corrected chi connectivity index (χ3v) is 2.96. The molecular formula is C11H15ClN2O4. The molecule has 0 unspecified atom stereocenters. The van der Waals surface area contributed by atoms with Crippen molar-refractivity contribution in [3.05, 3.63) is 27.8 Å². The van der Waals surface area contributed by atoms with Crippen LogP contribution in [0.3, 0.4) is 0 Å². The van der Waals surface area contributed by atoms with Gasteiger partial charge in [-0.15, -0.1) is 12.4 Å². The Morgan fingerprint density at radius 3 is 2.78 bits per heavy atom. The first-order valence-corrected chi connectivity index (χ1v) is 5.42. The Bertz CT molecular complexity index is 447. The predicted octanol–water partition coefficient (Wildman–Crippen LogP) is 2.16. The highest BCUT2D eigenvalue weighted by molar-refractivity contribution is 5.85. The third-order valence-electron chi connectivity index (χ3n) is 2.96. The zero-order chi connectivity index (χ0) is 12.4. The summed E-state index contributed by atoms with van der Waals surface area (Å²) in [5.74, 6) is -0.276. The van der Waals surface area contributed by atoms with Crippen molar-refractivity contribution in [1.29, 1.82) is 0 Å². The first kappa shape index (κ1) is 14.5. The standard InChI is InChI=1S/C11H14N2O4.ClH/c1-17-10-6-7(8-3-2-4-12-8)5-9(11(10)14)13(15)16;/h5-6,8,12,14H,2-4H2,1H3;1H/t8-;/m0./s1. The highest BCUT2D eigenvalue weighted by atomic mass is 35.5. The minimum atomic E-state index is -0.601. The number of phenolic OH excluding ortho intramolecular Hbond substituents is 1. The molecule has 1 aliphatic heterocycles. The van der Waals surface area contributed by atoms with Gasteiger partial charge in [-0.25, -0.2) is 0 Å². The number of nitro benzene ring substituents is 1. The monoisotopic (exact) mass is 274 g/mol. The maximum Gasteiger partial charge on any atom is 0.314 e. The SMILES string of the molecule is COc1cc([C@@H]2CCCN2)cc([N+](=O)[O-])c1O.Cl. The van der Waals surface area contributed by atoms with Gasteiger partial charge < -0.3 is 15.2 Å². The number of nitrogens with one attached hydrogen (secondary N) is 1. The van der Waals surface area contributed by atoms with E-state index < -0.39 is 10.7 Å². The van der Waals surface area contributed by atoms with Gasteiger partial charge in [-0.05, 0) is 31.0 Å². The molecule has 1 atom stereocenters. The fourth-order valence-corrected chi connectivity index (χ4v) is 2.08. The van der Waals surface area contributed by atoms with E-state index in [0.29, 0.717) is 0 Å². The molecule has 1 heterocycles. The van der Waals surface area contributed by atoms with Crippen LogP contribution in [0.1, 0.15) is 24.4 Å². The van der Waals surface area contributed by atoms with E-state index in [9.17, 15) is 15.2 Å². The molecule has 0 amide bonds. The van der Waals surface area contributed by atoms with Crippen molar-refractivity contribution in [3.63, 3.8) is 0 Å². The second-order valence-corrected chi connectivity index (χ2v) is 4.00. The topological polar surface area (TPSA) is 84.6 Å². The molecule has 1 aromatic carbocycles. The summed E-state index contributed by atoms with van der Waals surface area (Å²) < 4.78 is 4.95. The van der Waals surface area contributed by atoms with Crippen molar-refractivity contribution in [2.45, 2.75) is 18.9 Å². The molecule has 1 saturated heterocycles. The molecule has 7 heteroatoms. The predicted molar refractivity (Wildman–Crippen MR) is 68.5 cm³/mol. The molecule has 1 fully saturated rings. The first-order chi connectivity index (χ1) is 8.13. The fraction of sp³-hybridized carbons (Fsp3) is 0.455. The summed E-state index contributed by atoms with van der Waals surface area (Å²) in [6.45, 7) is 0.904. The van der Waals surface area contributed by atoms with E-state index in [0.717, 1.165) is 24.9 Å². The normalized spacial score (nSPS) is 18.2. The highest BCUT2D eigenvalue weighted by Crippen LogP contribution is 2.39. The van der Waals surface area contributed by atoms with Gasteiger partial charge >= 0.3 is 5.69 Å². The van der Waals surface area contributed by atoms with E-state index in [2.05, 4.69) is 5.32 Å². The quantitative estimate of drug-likeness (QED) is 0.652. The number of phenols is 1. The van der Waals surface area contributed by atoms with Crippen LogP contribution in [-0.2, 0) is 0 Å². The van der Waals surface area contributed by atoms with Gasteiger partial charge in [0.1, 0.15) is 0 Å². The maximum atomic E-state index is 10.8. The van der Waals surface area contributed by atoms with Gasteiger partial charge in [-0.1, -0.05) is 0 Å². The van der Waals surface area contributed by atoms with Gasteiger partial charge in [0, 0.05) is 12.1 Å². The number of hydrogen-bond acceptors (Lipinski definition) is 5. The van der Waals surface area contributed by atoms with Crippen molar-refractivity contribution >= 4 is 18.1 Å². The lowest BCUT2D eigenvalue weighted by atomic mass is 10.0. The summed E-state index contributed by atoms with van der Waals surface area (Å²) in [4.78, 5) is 10.2. The number of ether oxygens (including phenoxy) is 1. The van der Waals surface area contributed by atoms with Crippen LogP contribution in [0.15, 0.2) is 12.1 Å². The molecule has 1 aliphatic rings. The van der Waals surface area contributed by atoms with Crippen LogP contribution in [0.4, 0.5) is 5.69 Å². The van der Waals surface area contributed by atoms with Crippen molar-refractivity contribution in [1.82, 2.24) is 5.32 Å². The van der Waals surface area contributed by atoms with E-state index in [1.165, 1.54) is 13.2 Å². The van der Waals surface area contributed by atoms with E-state index in [4.69, 9.17) is 4.74 Å². The summed E-state index contributed by atoms with van der Waals surface area (Å²) >= 11 is 0. The number of methoxy groups -OCH3 is 1. The average Bonchev–Trinajstić information content (AvgIpc) is 2.82.